The highest BCUT2D eigenvalue weighted by atomic mass is 79.9. The second-order valence-corrected chi connectivity index (χ2v) is 7.35. The van der Waals surface area contributed by atoms with Crippen LogP contribution in [0.1, 0.15) is 19.8 Å². The molecule has 8 heteroatoms. The average molecular weight is 429 g/mol. The minimum atomic E-state index is 0.376. The molecule has 4 rings (SSSR count). The molecule has 1 aliphatic rings. The van der Waals surface area contributed by atoms with Gasteiger partial charge in [-0.2, -0.15) is 0 Å². The van der Waals surface area contributed by atoms with Crippen LogP contribution in [0.3, 0.4) is 0 Å². The minimum absolute atomic E-state index is 0.376. The lowest BCUT2D eigenvalue weighted by Crippen LogP contribution is -2.39. The van der Waals surface area contributed by atoms with E-state index in [1.807, 2.05) is 31.5 Å². The standard InChI is InChI=1S/C19H21BrN6O/c1-2-27-18-10-17(23-12-24-18)25-14-4-7-26(8-5-14)16-3-6-21-15-9-13(20)11-22-19(15)16/h3,6,9-12,14H,2,4-5,7-8H2,1H3,(H,23,24,25). The summed E-state index contributed by atoms with van der Waals surface area (Å²) in [5, 5.41) is 3.50. The van der Waals surface area contributed by atoms with Gasteiger partial charge in [0.2, 0.25) is 5.88 Å². The molecule has 0 spiro atoms. The highest BCUT2D eigenvalue weighted by Crippen LogP contribution is 2.28. The fraction of sp³-hybridized carbons (Fsp3) is 0.368. The van der Waals surface area contributed by atoms with Gasteiger partial charge in [-0.1, -0.05) is 0 Å². The third-order valence-electron chi connectivity index (χ3n) is 4.64. The Hall–Kier alpha value is -2.48. The molecule has 0 aliphatic carbocycles. The van der Waals surface area contributed by atoms with Crippen molar-refractivity contribution in [2.24, 2.45) is 0 Å². The molecule has 1 fully saturated rings. The Morgan fingerprint density at radius 2 is 2.04 bits per heavy atom. The summed E-state index contributed by atoms with van der Waals surface area (Å²) in [5.74, 6) is 1.42. The summed E-state index contributed by atoms with van der Waals surface area (Å²) in [6.45, 7) is 4.45. The number of piperidine rings is 1. The number of fused-ring (bicyclic) bond motifs is 1. The molecule has 1 aliphatic heterocycles. The lowest BCUT2D eigenvalue weighted by Gasteiger charge is -2.34. The maximum Gasteiger partial charge on any atom is 0.218 e. The van der Waals surface area contributed by atoms with Crippen LogP contribution in [0, 0.1) is 0 Å². The van der Waals surface area contributed by atoms with E-state index in [0.717, 1.165) is 52.9 Å². The largest absolute Gasteiger partial charge is 0.478 e. The van der Waals surface area contributed by atoms with Gasteiger partial charge in [0.25, 0.3) is 0 Å². The van der Waals surface area contributed by atoms with Gasteiger partial charge >= 0.3 is 0 Å². The fourth-order valence-electron chi connectivity index (χ4n) is 3.37. The Labute approximate surface area is 166 Å². The zero-order valence-electron chi connectivity index (χ0n) is 15.1. The van der Waals surface area contributed by atoms with Crippen LogP contribution in [-0.2, 0) is 0 Å². The molecule has 0 bridgehead atoms. The highest BCUT2D eigenvalue weighted by molar-refractivity contribution is 9.10. The first kappa shape index (κ1) is 17.9. The Balaban J connectivity index is 1.43. The Kier molecular flexibility index (Phi) is 5.33. The van der Waals surface area contributed by atoms with Crippen LogP contribution < -0.4 is 15.0 Å². The number of anilines is 2. The zero-order chi connectivity index (χ0) is 18.6. The van der Waals surface area contributed by atoms with Crippen LogP contribution in [0.25, 0.3) is 11.0 Å². The van der Waals surface area contributed by atoms with Gasteiger partial charge in [-0.15, -0.1) is 0 Å². The summed E-state index contributed by atoms with van der Waals surface area (Å²) in [6.07, 6.45) is 7.26. The van der Waals surface area contributed by atoms with E-state index in [1.54, 1.807) is 0 Å². The molecule has 3 aromatic rings. The summed E-state index contributed by atoms with van der Waals surface area (Å²) in [6, 6.07) is 6.29. The summed E-state index contributed by atoms with van der Waals surface area (Å²) >= 11 is 3.46. The Morgan fingerprint density at radius 3 is 2.85 bits per heavy atom. The fourth-order valence-corrected chi connectivity index (χ4v) is 3.68. The number of rotatable bonds is 5. The van der Waals surface area contributed by atoms with Crippen molar-refractivity contribution in [1.82, 2.24) is 19.9 Å². The summed E-state index contributed by atoms with van der Waals surface area (Å²) in [4.78, 5) is 19.8. The number of hydrogen-bond acceptors (Lipinski definition) is 7. The SMILES string of the molecule is CCOc1cc(NC2CCN(c3ccnc4cc(Br)cnc34)CC2)ncn1. The van der Waals surface area contributed by atoms with E-state index in [-0.39, 0.29) is 0 Å². The van der Waals surface area contributed by atoms with Crippen LogP contribution in [0.4, 0.5) is 11.5 Å². The van der Waals surface area contributed by atoms with Crippen molar-refractivity contribution < 1.29 is 4.74 Å². The third kappa shape index (κ3) is 4.10. The normalized spacial score (nSPS) is 15.1. The molecule has 0 aromatic carbocycles. The van der Waals surface area contributed by atoms with Crippen molar-refractivity contribution in [3.63, 3.8) is 0 Å². The molecule has 7 nitrogen and oxygen atoms in total. The number of aromatic nitrogens is 4. The molecular formula is C19H21BrN6O. The lowest BCUT2D eigenvalue weighted by atomic mass is 10.0. The molecule has 0 unspecified atom stereocenters. The molecule has 0 amide bonds. The molecule has 140 valence electrons. The van der Waals surface area contributed by atoms with Crippen LogP contribution >= 0.6 is 15.9 Å². The maximum absolute atomic E-state index is 5.44. The van der Waals surface area contributed by atoms with Crippen molar-refractivity contribution in [2.75, 3.05) is 29.9 Å². The first-order valence-electron chi connectivity index (χ1n) is 9.09. The van der Waals surface area contributed by atoms with Crippen LogP contribution in [0.2, 0.25) is 0 Å². The van der Waals surface area contributed by atoms with Gasteiger partial charge in [-0.25, -0.2) is 9.97 Å². The van der Waals surface area contributed by atoms with Crippen LogP contribution in [0.15, 0.2) is 41.4 Å². The van der Waals surface area contributed by atoms with Gasteiger partial charge in [0.15, 0.2) is 0 Å². The minimum Gasteiger partial charge on any atom is -0.478 e. The second-order valence-electron chi connectivity index (χ2n) is 6.43. The molecule has 3 aromatic heterocycles. The summed E-state index contributed by atoms with van der Waals surface area (Å²) in [5.41, 5.74) is 3.00. The van der Waals surface area contributed by atoms with E-state index in [2.05, 4.69) is 52.1 Å². The number of pyridine rings is 2. The molecular weight excluding hydrogens is 408 g/mol. The molecule has 0 atom stereocenters. The monoisotopic (exact) mass is 428 g/mol. The number of halogens is 1. The first-order valence-corrected chi connectivity index (χ1v) is 9.89. The van der Waals surface area contributed by atoms with Gasteiger partial charge in [0, 0.05) is 42.1 Å². The quantitative estimate of drug-likeness (QED) is 0.664. The predicted octanol–water partition coefficient (Wildman–Crippen LogP) is 3.66. The highest BCUT2D eigenvalue weighted by Gasteiger charge is 2.21. The average Bonchev–Trinajstić information content (AvgIpc) is 2.68. The van der Waals surface area contributed by atoms with E-state index in [9.17, 15) is 0 Å². The summed E-state index contributed by atoms with van der Waals surface area (Å²) in [7, 11) is 0. The predicted molar refractivity (Wildman–Crippen MR) is 109 cm³/mol. The molecule has 4 heterocycles. The van der Waals surface area contributed by atoms with Crippen LogP contribution in [-0.4, -0.2) is 45.7 Å². The third-order valence-corrected chi connectivity index (χ3v) is 5.08. The number of ether oxygens (including phenoxy) is 1. The summed E-state index contributed by atoms with van der Waals surface area (Å²) < 4.78 is 6.39. The van der Waals surface area contributed by atoms with Crippen molar-refractivity contribution in [1.29, 1.82) is 0 Å². The topological polar surface area (TPSA) is 76.1 Å². The van der Waals surface area contributed by atoms with E-state index < -0.39 is 0 Å². The maximum atomic E-state index is 5.44. The van der Waals surface area contributed by atoms with Gasteiger partial charge in [-0.3, -0.25) is 9.97 Å². The van der Waals surface area contributed by atoms with E-state index in [0.29, 0.717) is 18.5 Å². The number of nitrogens with one attached hydrogen (secondary N) is 1. The number of nitrogens with zero attached hydrogens (tertiary/aromatic N) is 5. The van der Waals surface area contributed by atoms with E-state index >= 15 is 0 Å². The van der Waals surface area contributed by atoms with E-state index in [4.69, 9.17) is 4.74 Å². The molecule has 0 saturated carbocycles. The molecule has 27 heavy (non-hydrogen) atoms. The smallest absolute Gasteiger partial charge is 0.218 e. The Morgan fingerprint density at radius 1 is 1.19 bits per heavy atom. The van der Waals surface area contributed by atoms with Gasteiger partial charge in [-0.05, 0) is 47.8 Å². The zero-order valence-corrected chi connectivity index (χ0v) is 16.7. The lowest BCUT2D eigenvalue weighted by molar-refractivity contribution is 0.326. The van der Waals surface area contributed by atoms with Crippen molar-refractivity contribution in [3.05, 3.63) is 41.4 Å². The van der Waals surface area contributed by atoms with Gasteiger partial charge in [0.1, 0.15) is 17.7 Å². The van der Waals surface area contributed by atoms with Crippen molar-refractivity contribution in [3.8, 4) is 5.88 Å². The van der Waals surface area contributed by atoms with Crippen molar-refractivity contribution in [2.45, 2.75) is 25.8 Å². The van der Waals surface area contributed by atoms with Gasteiger partial charge in [0.05, 0.1) is 17.8 Å². The number of hydrogen-bond donors (Lipinski definition) is 1. The van der Waals surface area contributed by atoms with Gasteiger partial charge < -0.3 is 15.0 Å². The van der Waals surface area contributed by atoms with Crippen LogP contribution in [0.5, 0.6) is 5.88 Å². The first-order chi connectivity index (χ1) is 13.2. The molecule has 0 radical (unpaired) electrons. The Bertz CT molecular complexity index is 929. The van der Waals surface area contributed by atoms with E-state index in [1.165, 1.54) is 6.33 Å². The molecule has 1 N–H and O–H groups in total. The second kappa shape index (κ2) is 8.04. The molecule has 1 saturated heterocycles. The van der Waals surface area contributed by atoms with Crippen molar-refractivity contribution >= 4 is 38.5 Å².